The van der Waals surface area contributed by atoms with Crippen LogP contribution in [0.1, 0.15) is 66.9 Å². The zero-order chi connectivity index (χ0) is 15.3. The minimum absolute atomic E-state index is 0.426. The van der Waals surface area contributed by atoms with E-state index in [-0.39, 0.29) is 0 Å². The van der Waals surface area contributed by atoms with E-state index in [1.165, 1.54) is 53.3 Å². The molecule has 0 saturated heterocycles. The third kappa shape index (κ3) is 1.98. The number of anilines is 1. The lowest BCUT2D eigenvalue weighted by molar-refractivity contribution is 0.470. The fourth-order valence-corrected chi connectivity index (χ4v) is 4.11. The summed E-state index contributed by atoms with van der Waals surface area (Å²) in [7, 11) is 2.03. The molecule has 1 atom stereocenters. The molecule has 2 aromatic rings. The minimum atomic E-state index is 0.426. The first-order valence-electron chi connectivity index (χ1n) is 8.53. The Balaban J connectivity index is 1.68. The Bertz CT molecular complexity index is 694. The molecule has 2 N–H and O–H groups in total. The van der Waals surface area contributed by atoms with Gasteiger partial charge in [-0.3, -0.25) is 5.10 Å². The molecular weight excluding hydrogens is 274 g/mol. The highest BCUT2D eigenvalue weighted by Gasteiger charge is 2.32. The number of nitrogens with one attached hydrogen (secondary N) is 2. The second kappa shape index (κ2) is 5.14. The summed E-state index contributed by atoms with van der Waals surface area (Å²) >= 11 is 0. The Kier molecular flexibility index (Phi) is 3.24. The second-order valence-corrected chi connectivity index (χ2v) is 6.96. The lowest BCUT2D eigenvalue weighted by atomic mass is 9.97. The largest absolute Gasteiger partial charge is 0.373 e. The van der Waals surface area contributed by atoms with E-state index in [1.54, 1.807) is 0 Å². The van der Waals surface area contributed by atoms with E-state index < -0.39 is 0 Å². The van der Waals surface area contributed by atoms with Gasteiger partial charge in [-0.15, -0.1) is 0 Å². The van der Waals surface area contributed by atoms with Crippen molar-refractivity contribution in [2.24, 2.45) is 0 Å². The van der Waals surface area contributed by atoms with E-state index >= 15 is 0 Å². The van der Waals surface area contributed by atoms with Crippen LogP contribution in [0.5, 0.6) is 0 Å². The average molecular weight is 299 g/mol. The molecule has 22 heavy (non-hydrogen) atoms. The number of aryl methyl sites for hydroxylation is 1. The Morgan fingerprint density at radius 3 is 2.77 bits per heavy atom. The van der Waals surface area contributed by atoms with E-state index in [1.807, 2.05) is 7.05 Å². The molecule has 2 heterocycles. The van der Waals surface area contributed by atoms with Crippen molar-refractivity contribution in [2.75, 3.05) is 12.4 Å². The van der Waals surface area contributed by atoms with E-state index in [2.05, 4.69) is 34.0 Å². The fourth-order valence-electron chi connectivity index (χ4n) is 4.11. The molecule has 0 saturated carbocycles. The van der Waals surface area contributed by atoms with Crippen LogP contribution in [0.4, 0.5) is 5.82 Å². The number of H-pyrrole nitrogens is 1. The van der Waals surface area contributed by atoms with Crippen molar-refractivity contribution in [2.45, 2.75) is 64.3 Å². The van der Waals surface area contributed by atoms with E-state index in [4.69, 9.17) is 5.10 Å². The monoisotopic (exact) mass is 299 g/mol. The smallest absolute Gasteiger partial charge is 0.127 e. The third-order valence-electron chi connectivity index (χ3n) is 5.18. The van der Waals surface area contributed by atoms with Crippen molar-refractivity contribution in [1.82, 2.24) is 20.0 Å². The molecular formula is C17H25N5. The van der Waals surface area contributed by atoms with Crippen molar-refractivity contribution in [3.05, 3.63) is 28.2 Å². The molecule has 0 spiro atoms. The van der Waals surface area contributed by atoms with Crippen molar-refractivity contribution < 1.29 is 0 Å². The van der Waals surface area contributed by atoms with Gasteiger partial charge in [0, 0.05) is 24.7 Å². The Labute approximate surface area is 131 Å². The Morgan fingerprint density at radius 1 is 1.18 bits per heavy atom. The van der Waals surface area contributed by atoms with Crippen LogP contribution in [0.15, 0.2) is 0 Å². The van der Waals surface area contributed by atoms with Crippen molar-refractivity contribution in [3.63, 3.8) is 0 Å². The van der Waals surface area contributed by atoms with Gasteiger partial charge in [-0.25, -0.2) is 4.68 Å². The minimum Gasteiger partial charge on any atom is -0.373 e. The maximum Gasteiger partial charge on any atom is 0.127 e. The van der Waals surface area contributed by atoms with Gasteiger partial charge in [0.25, 0.3) is 0 Å². The average Bonchev–Trinajstić information content (AvgIpc) is 3.17. The summed E-state index contributed by atoms with van der Waals surface area (Å²) in [5.41, 5.74) is 6.74. The lowest BCUT2D eigenvalue weighted by Gasteiger charge is -2.16. The molecule has 2 aromatic heterocycles. The van der Waals surface area contributed by atoms with E-state index in [0.29, 0.717) is 12.0 Å². The number of hydrogen-bond donors (Lipinski definition) is 2. The molecule has 0 radical (unpaired) electrons. The van der Waals surface area contributed by atoms with Gasteiger partial charge in [-0.1, -0.05) is 13.8 Å². The number of aromatic amines is 1. The van der Waals surface area contributed by atoms with Gasteiger partial charge >= 0.3 is 0 Å². The molecule has 0 amide bonds. The Hall–Kier alpha value is -1.78. The number of hydrogen-bond acceptors (Lipinski definition) is 3. The summed E-state index contributed by atoms with van der Waals surface area (Å²) in [4.78, 5) is 0. The molecule has 1 unspecified atom stereocenters. The highest BCUT2D eigenvalue weighted by molar-refractivity contribution is 5.49. The van der Waals surface area contributed by atoms with Crippen LogP contribution in [0.25, 0.3) is 0 Å². The van der Waals surface area contributed by atoms with Crippen LogP contribution in [-0.2, 0) is 25.7 Å². The second-order valence-electron chi connectivity index (χ2n) is 6.96. The first kappa shape index (κ1) is 13.9. The summed E-state index contributed by atoms with van der Waals surface area (Å²) in [6, 6.07) is 0.426. The number of aromatic nitrogens is 4. The van der Waals surface area contributed by atoms with Gasteiger partial charge in [0.15, 0.2) is 0 Å². The van der Waals surface area contributed by atoms with Crippen molar-refractivity contribution in [3.8, 4) is 0 Å². The summed E-state index contributed by atoms with van der Waals surface area (Å²) in [5, 5.41) is 16.1. The van der Waals surface area contributed by atoms with Crippen molar-refractivity contribution in [1.29, 1.82) is 0 Å². The van der Waals surface area contributed by atoms with Gasteiger partial charge in [0.05, 0.1) is 17.4 Å². The zero-order valence-electron chi connectivity index (χ0n) is 13.7. The van der Waals surface area contributed by atoms with Crippen LogP contribution < -0.4 is 5.32 Å². The third-order valence-corrected chi connectivity index (χ3v) is 5.18. The highest BCUT2D eigenvalue weighted by Crippen LogP contribution is 2.37. The SMILES string of the molecule is CNc1c2c(nn1C1Cc3[nH]nc(C(C)C)c3C1)CCCC2. The van der Waals surface area contributed by atoms with Gasteiger partial charge in [-0.05, 0) is 43.6 Å². The maximum atomic E-state index is 4.96. The van der Waals surface area contributed by atoms with Crippen LogP contribution in [0, 0.1) is 0 Å². The molecule has 0 fully saturated rings. The van der Waals surface area contributed by atoms with Gasteiger partial charge < -0.3 is 5.32 Å². The van der Waals surface area contributed by atoms with Gasteiger partial charge in [0.1, 0.15) is 5.82 Å². The Morgan fingerprint density at radius 2 is 2.00 bits per heavy atom. The highest BCUT2D eigenvalue weighted by atomic mass is 15.4. The topological polar surface area (TPSA) is 58.5 Å². The summed E-state index contributed by atoms with van der Waals surface area (Å²) < 4.78 is 2.26. The lowest BCUT2D eigenvalue weighted by Crippen LogP contribution is -2.14. The van der Waals surface area contributed by atoms with Crippen molar-refractivity contribution >= 4 is 5.82 Å². The van der Waals surface area contributed by atoms with Crippen LogP contribution in [-0.4, -0.2) is 27.0 Å². The van der Waals surface area contributed by atoms with Gasteiger partial charge in [-0.2, -0.15) is 10.2 Å². The number of nitrogens with zero attached hydrogens (tertiary/aromatic N) is 3. The molecule has 5 nitrogen and oxygen atoms in total. The zero-order valence-corrected chi connectivity index (χ0v) is 13.7. The van der Waals surface area contributed by atoms with Gasteiger partial charge in [0.2, 0.25) is 0 Å². The standard InChI is InChI=1S/C17H25N5/c1-10(2)16-13-8-11(9-15(13)19-20-16)22-17(18-3)12-6-4-5-7-14(12)21-22/h10-11,18H,4-9H2,1-3H3,(H,19,20). The molecule has 0 aromatic carbocycles. The predicted molar refractivity (Wildman–Crippen MR) is 87.5 cm³/mol. The molecule has 2 aliphatic rings. The maximum absolute atomic E-state index is 4.96. The summed E-state index contributed by atoms with van der Waals surface area (Å²) in [6.07, 6.45) is 6.94. The van der Waals surface area contributed by atoms with E-state index in [9.17, 15) is 0 Å². The molecule has 0 bridgehead atoms. The first-order chi connectivity index (χ1) is 10.7. The molecule has 0 aliphatic heterocycles. The molecule has 4 rings (SSSR count). The quantitative estimate of drug-likeness (QED) is 0.916. The van der Waals surface area contributed by atoms with Crippen LogP contribution in [0.3, 0.4) is 0 Å². The van der Waals surface area contributed by atoms with Crippen LogP contribution >= 0.6 is 0 Å². The molecule has 5 heteroatoms. The summed E-state index contributed by atoms with van der Waals surface area (Å²) in [5.74, 6) is 1.72. The summed E-state index contributed by atoms with van der Waals surface area (Å²) in [6.45, 7) is 4.44. The van der Waals surface area contributed by atoms with E-state index in [0.717, 1.165) is 19.3 Å². The molecule has 118 valence electrons. The van der Waals surface area contributed by atoms with Crippen LogP contribution in [0.2, 0.25) is 0 Å². The molecule has 2 aliphatic carbocycles. The number of fused-ring (bicyclic) bond motifs is 2. The first-order valence-corrected chi connectivity index (χ1v) is 8.53. The fraction of sp³-hybridized carbons (Fsp3) is 0.647. The predicted octanol–water partition coefficient (Wildman–Crippen LogP) is 2.99. The number of rotatable bonds is 3. The normalized spacial score (nSPS) is 20.3.